The van der Waals surface area contributed by atoms with Crippen LogP contribution in [0.4, 0.5) is 5.82 Å². The standard InChI is InChI=1S/C17H29ClN2O/c1-4-7-8-14(6-3)12-21-13-16-15(18)9-10-17(20-16)19-11-5-2/h9-10,14H,4-8,11-13H2,1-3H3,(H,19,20). The molecule has 4 heteroatoms. The lowest BCUT2D eigenvalue weighted by molar-refractivity contribution is 0.0800. The number of unbranched alkanes of at least 4 members (excludes halogenated alkanes) is 1. The fraction of sp³-hybridized carbons (Fsp3) is 0.706. The maximum absolute atomic E-state index is 6.19. The average Bonchev–Trinajstić information content (AvgIpc) is 2.51. The van der Waals surface area contributed by atoms with Gasteiger partial charge in [0, 0.05) is 13.2 Å². The first-order valence-corrected chi connectivity index (χ1v) is 8.56. The normalized spacial score (nSPS) is 12.4. The predicted octanol–water partition coefficient (Wildman–Crippen LogP) is 5.29. The minimum atomic E-state index is 0.489. The Morgan fingerprint density at radius 1 is 1.24 bits per heavy atom. The summed E-state index contributed by atoms with van der Waals surface area (Å²) in [5.74, 6) is 1.52. The molecule has 1 aromatic rings. The molecule has 21 heavy (non-hydrogen) atoms. The average molecular weight is 313 g/mol. The highest BCUT2D eigenvalue weighted by Crippen LogP contribution is 2.19. The fourth-order valence-electron chi connectivity index (χ4n) is 2.16. The van der Waals surface area contributed by atoms with Crippen molar-refractivity contribution in [3.05, 3.63) is 22.8 Å². The molecular weight excluding hydrogens is 284 g/mol. The van der Waals surface area contributed by atoms with Gasteiger partial charge in [0.05, 0.1) is 17.3 Å². The van der Waals surface area contributed by atoms with Crippen molar-refractivity contribution in [2.75, 3.05) is 18.5 Å². The third-order valence-corrected chi connectivity index (χ3v) is 3.95. The van der Waals surface area contributed by atoms with Gasteiger partial charge in [0.1, 0.15) is 5.82 Å². The molecule has 1 heterocycles. The van der Waals surface area contributed by atoms with Gasteiger partial charge in [0.15, 0.2) is 0 Å². The highest BCUT2D eigenvalue weighted by atomic mass is 35.5. The van der Waals surface area contributed by atoms with E-state index >= 15 is 0 Å². The van der Waals surface area contributed by atoms with E-state index in [0.717, 1.165) is 31.1 Å². The summed E-state index contributed by atoms with van der Waals surface area (Å²) in [5, 5.41) is 3.95. The summed E-state index contributed by atoms with van der Waals surface area (Å²) in [4.78, 5) is 4.53. The predicted molar refractivity (Wildman–Crippen MR) is 91.0 cm³/mol. The molecule has 0 spiro atoms. The second-order valence-corrected chi connectivity index (χ2v) is 5.89. The van der Waals surface area contributed by atoms with Crippen molar-refractivity contribution in [3.63, 3.8) is 0 Å². The zero-order chi connectivity index (χ0) is 15.5. The largest absolute Gasteiger partial charge is 0.375 e. The molecule has 1 N–H and O–H groups in total. The zero-order valence-corrected chi connectivity index (χ0v) is 14.4. The van der Waals surface area contributed by atoms with Gasteiger partial charge in [-0.3, -0.25) is 0 Å². The van der Waals surface area contributed by atoms with Crippen molar-refractivity contribution in [2.24, 2.45) is 5.92 Å². The number of ether oxygens (including phenoxy) is 1. The van der Waals surface area contributed by atoms with E-state index in [-0.39, 0.29) is 0 Å². The van der Waals surface area contributed by atoms with Crippen molar-refractivity contribution in [1.82, 2.24) is 4.98 Å². The second-order valence-electron chi connectivity index (χ2n) is 5.48. The van der Waals surface area contributed by atoms with Crippen molar-refractivity contribution >= 4 is 17.4 Å². The lowest BCUT2D eigenvalue weighted by Gasteiger charge is -2.15. The van der Waals surface area contributed by atoms with Crippen LogP contribution in [0.25, 0.3) is 0 Å². The molecule has 0 saturated heterocycles. The number of nitrogens with one attached hydrogen (secondary N) is 1. The van der Waals surface area contributed by atoms with Crippen LogP contribution in [0.5, 0.6) is 0 Å². The molecule has 0 amide bonds. The first-order chi connectivity index (χ1) is 10.2. The monoisotopic (exact) mass is 312 g/mol. The number of pyridine rings is 1. The molecule has 0 fully saturated rings. The molecule has 0 bridgehead atoms. The van der Waals surface area contributed by atoms with Crippen LogP contribution >= 0.6 is 11.6 Å². The lowest BCUT2D eigenvalue weighted by Crippen LogP contribution is -2.10. The molecule has 1 aromatic heterocycles. The topological polar surface area (TPSA) is 34.1 Å². The molecule has 0 aliphatic carbocycles. The second kappa shape index (κ2) is 10.9. The van der Waals surface area contributed by atoms with Gasteiger partial charge in [-0.05, 0) is 30.9 Å². The van der Waals surface area contributed by atoms with Crippen molar-refractivity contribution < 1.29 is 4.74 Å². The summed E-state index contributed by atoms with van der Waals surface area (Å²) in [7, 11) is 0. The van der Waals surface area contributed by atoms with Crippen molar-refractivity contribution in [3.8, 4) is 0 Å². The number of anilines is 1. The van der Waals surface area contributed by atoms with Gasteiger partial charge in [-0.25, -0.2) is 4.98 Å². The Morgan fingerprint density at radius 2 is 2.05 bits per heavy atom. The molecule has 0 radical (unpaired) electrons. The highest BCUT2D eigenvalue weighted by Gasteiger charge is 2.08. The van der Waals surface area contributed by atoms with Crippen LogP contribution in [0.3, 0.4) is 0 Å². The maximum Gasteiger partial charge on any atom is 0.126 e. The van der Waals surface area contributed by atoms with E-state index in [0.29, 0.717) is 17.5 Å². The molecule has 3 nitrogen and oxygen atoms in total. The first-order valence-electron chi connectivity index (χ1n) is 8.18. The number of aromatic nitrogens is 1. The Labute approximate surface area is 134 Å². The molecule has 1 atom stereocenters. The number of rotatable bonds is 11. The summed E-state index contributed by atoms with van der Waals surface area (Å²) < 4.78 is 5.84. The highest BCUT2D eigenvalue weighted by molar-refractivity contribution is 6.31. The van der Waals surface area contributed by atoms with Crippen molar-refractivity contribution in [2.45, 2.75) is 59.5 Å². The molecule has 0 aromatic carbocycles. The third-order valence-electron chi connectivity index (χ3n) is 3.61. The first kappa shape index (κ1) is 18.2. The third kappa shape index (κ3) is 7.14. The Kier molecular flexibility index (Phi) is 9.44. The van der Waals surface area contributed by atoms with E-state index in [1.165, 1.54) is 25.7 Å². The SMILES string of the molecule is CCCCC(CC)COCc1nc(NCCC)ccc1Cl. The molecule has 1 rings (SSSR count). The van der Waals surface area contributed by atoms with E-state index in [4.69, 9.17) is 16.3 Å². The Balaban J connectivity index is 2.46. The number of hydrogen-bond acceptors (Lipinski definition) is 3. The molecule has 1 unspecified atom stereocenters. The Morgan fingerprint density at radius 3 is 2.71 bits per heavy atom. The quantitative estimate of drug-likeness (QED) is 0.603. The van der Waals surface area contributed by atoms with Gasteiger partial charge in [0.25, 0.3) is 0 Å². The number of nitrogens with zero attached hydrogens (tertiary/aromatic N) is 1. The van der Waals surface area contributed by atoms with Crippen LogP contribution in [0.2, 0.25) is 5.02 Å². The van der Waals surface area contributed by atoms with Crippen LogP contribution in [0, 0.1) is 5.92 Å². The molecular formula is C17H29ClN2O. The van der Waals surface area contributed by atoms with Gasteiger partial charge >= 0.3 is 0 Å². The van der Waals surface area contributed by atoms with Crippen LogP contribution in [-0.2, 0) is 11.3 Å². The molecule has 120 valence electrons. The smallest absolute Gasteiger partial charge is 0.126 e. The van der Waals surface area contributed by atoms with Gasteiger partial charge in [-0.15, -0.1) is 0 Å². The van der Waals surface area contributed by atoms with Crippen LogP contribution in [0.15, 0.2) is 12.1 Å². The number of hydrogen-bond donors (Lipinski definition) is 1. The van der Waals surface area contributed by atoms with Gasteiger partial charge in [-0.2, -0.15) is 0 Å². The zero-order valence-electron chi connectivity index (χ0n) is 13.6. The summed E-state index contributed by atoms with van der Waals surface area (Å²) in [6.07, 6.45) is 6.00. The number of halogens is 1. The van der Waals surface area contributed by atoms with Gasteiger partial charge in [0.2, 0.25) is 0 Å². The molecule has 0 aliphatic heterocycles. The Bertz CT molecular complexity index is 398. The van der Waals surface area contributed by atoms with Crippen LogP contribution in [0.1, 0.15) is 58.6 Å². The molecule has 0 aliphatic rings. The van der Waals surface area contributed by atoms with E-state index in [1.54, 1.807) is 0 Å². The summed E-state index contributed by atoms with van der Waals surface area (Å²) in [6, 6.07) is 3.80. The van der Waals surface area contributed by atoms with E-state index in [9.17, 15) is 0 Å². The molecule has 0 saturated carbocycles. The summed E-state index contributed by atoms with van der Waals surface area (Å²) in [5.41, 5.74) is 0.822. The van der Waals surface area contributed by atoms with Crippen LogP contribution < -0.4 is 5.32 Å². The van der Waals surface area contributed by atoms with Gasteiger partial charge < -0.3 is 10.1 Å². The summed E-state index contributed by atoms with van der Waals surface area (Å²) >= 11 is 6.19. The van der Waals surface area contributed by atoms with E-state index in [2.05, 4.69) is 31.1 Å². The Hall–Kier alpha value is -0.800. The lowest BCUT2D eigenvalue weighted by atomic mass is 10.0. The van der Waals surface area contributed by atoms with Gasteiger partial charge in [-0.1, -0.05) is 51.6 Å². The summed E-state index contributed by atoms with van der Waals surface area (Å²) in [6.45, 7) is 8.79. The van der Waals surface area contributed by atoms with Crippen LogP contribution in [-0.4, -0.2) is 18.1 Å². The maximum atomic E-state index is 6.19. The minimum absolute atomic E-state index is 0.489. The fourth-order valence-corrected chi connectivity index (χ4v) is 2.32. The van der Waals surface area contributed by atoms with E-state index < -0.39 is 0 Å². The van der Waals surface area contributed by atoms with Crippen molar-refractivity contribution in [1.29, 1.82) is 0 Å². The minimum Gasteiger partial charge on any atom is -0.375 e. The van der Waals surface area contributed by atoms with E-state index in [1.807, 2.05) is 12.1 Å².